The molecular weight excluding hydrogens is 264 g/mol. The van der Waals surface area contributed by atoms with Gasteiger partial charge in [0.05, 0.1) is 11.5 Å². The number of carbonyl (C=O) groups excluding carboxylic acids is 2. The van der Waals surface area contributed by atoms with E-state index in [1.165, 1.54) is 6.42 Å². The summed E-state index contributed by atoms with van der Waals surface area (Å²) in [5.74, 6) is 0.260. The molecule has 0 unspecified atom stereocenters. The van der Waals surface area contributed by atoms with Crippen molar-refractivity contribution in [3.8, 4) is 0 Å². The number of nitrogen functional groups attached to an aromatic ring is 1. The first-order chi connectivity index (χ1) is 10.1. The second-order valence-corrected chi connectivity index (χ2v) is 6.46. The zero-order valence-corrected chi connectivity index (χ0v) is 12.2. The van der Waals surface area contributed by atoms with Crippen molar-refractivity contribution in [3.63, 3.8) is 0 Å². The molecule has 0 radical (unpaired) electrons. The minimum Gasteiger partial charge on any atom is -0.399 e. The first-order valence-electron chi connectivity index (χ1n) is 7.77. The average molecular weight is 286 g/mol. The van der Waals surface area contributed by atoms with Gasteiger partial charge in [-0.2, -0.15) is 0 Å². The van der Waals surface area contributed by atoms with Crippen LogP contribution in [-0.4, -0.2) is 17.7 Å². The molecule has 1 atom stereocenters. The van der Waals surface area contributed by atoms with Crippen molar-refractivity contribution < 1.29 is 9.59 Å². The number of rotatable bonds is 2. The van der Waals surface area contributed by atoms with E-state index >= 15 is 0 Å². The van der Waals surface area contributed by atoms with E-state index in [9.17, 15) is 9.59 Å². The van der Waals surface area contributed by atoms with Gasteiger partial charge in [0.2, 0.25) is 5.91 Å². The first kappa shape index (κ1) is 14.1. The molecule has 1 amide bonds. The Labute approximate surface area is 125 Å². The number of carbonyl (C=O) groups is 2. The summed E-state index contributed by atoms with van der Waals surface area (Å²) in [5.41, 5.74) is 6.99. The molecule has 0 aromatic heterocycles. The fourth-order valence-electron chi connectivity index (χ4n) is 3.62. The topological polar surface area (TPSA) is 72.2 Å². The standard InChI is InChI=1S/C17H22N2O2/c18-13-6-4-12(5-7-13)10-14-15(20)11-17(16(21)19-14)8-2-1-3-9-17/h4-7,14H,1-3,8-11,18H2,(H,19,21)/t14-/m0/s1. The number of nitrogens with two attached hydrogens (primary N) is 1. The van der Waals surface area contributed by atoms with Gasteiger partial charge in [-0.1, -0.05) is 31.4 Å². The molecule has 4 heteroatoms. The maximum absolute atomic E-state index is 12.5. The van der Waals surface area contributed by atoms with Crippen LogP contribution in [0, 0.1) is 5.41 Å². The fourth-order valence-corrected chi connectivity index (χ4v) is 3.62. The second-order valence-electron chi connectivity index (χ2n) is 6.46. The zero-order valence-electron chi connectivity index (χ0n) is 12.2. The zero-order chi connectivity index (χ0) is 14.9. The van der Waals surface area contributed by atoms with Crippen LogP contribution in [0.1, 0.15) is 44.1 Å². The molecule has 1 aromatic rings. The number of anilines is 1. The van der Waals surface area contributed by atoms with Crippen LogP contribution < -0.4 is 11.1 Å². The lowest BCUT2D eigenvalue weighted by molar-refractivity contribution is -0.145. The molecule has 0 bridgehead atoms. The molecule has 1 heterocycles. The Bertz CT molecular complexity index is 544. The predicted molar refractivity (Wildman–Crippen MR) is 81.6 cm³/mol. The SMILES string of the molecule is Nc1ccc(C[C@@H]2NC(=O)C3(CCCCC3)CC2=O)cc1. The van der Waals surface area contributed by atoms with Gasteiger partial charge in [-0.25, -0.2) is 0 Å². The number of hydrogen-bond donors (Lipinski definition) is 2. The Morgan fingerprint density at radius 1 is 1.10 bits per heavy atom. The van der Waals surface area contributed by atoms with E-state index < -0.39 is 5.41 Å². The molecule has 3 N–H and O–H groups in total. The summed E-state index contributed by atoms with van der Waals surface area (Å²) < 4.78 is 0. The molecule has 4 nitrogen and oxygen atoms in total. The molecule has 2 fully saturated rings. The van der Waals surface area contributed by atoms with Crippen LogP contribution in [0.3, 0.4) is 0 Å². The Hall–Kier alpha value is -1.84. The minimum atomic E-state index is -0.410. The van der Waals surface area contributed by atoms with Crippen LogP contribution in [0.5, 0.6) is 0 Å². The summed E-state index contributed by atoms with van der Waals surface area (Å²) in [6, 6.07) is 7.10. The molecule has 1 saturated carbocycles. The third-order valence-electron chi connectivity index (χ3n) is 4.92. The largest absolute Gasteiger partial charge is 0.399 e. The number of hydrogen-bond acceptors (Lipinski definition) is 3. The second kappa shape index (κ2) is 5.51. The van der Waals surface area contributed by atoms with Crippen LogP contribution in [-0.2, 0) is 16.0 Å². The van der Waals surface area contributed by atoms with Gasteiger partial charge in [0.25, 0.3) is 0 Å². The minimum absolute atomic E-state index is 0.0854. The Morgan fingerprint density at radius 2 is 1.76 bits per heavy atom. The van der Waals surface area contributed by atoms with E-state index in [0.717, 1.165) is 31.2 Å². The van der Waals surface area contributed by atoms with Crippen molar-refractivity contribution in [2.75, 3.05) is 5.73 Å². The van der Waals surface area contributed by atoms with Crippen LogP contribution in [0.15, 0.2) is 24.3 Å². The lowest BCUT2D eigenvalue weighted by atomic mass is 9.67. The molecule has 3 rings (SSSR count). The number of amides is 1. The first-order valence-corrected chi connectivity index (χ1v) is 7.77. The Kier molecular flexibility index (Phi) is 3.70. The quantitative estimate of drug-likeness (QED) is 0.819. The monoisotopic (exact) mass is 286 g/mol. The van der Waals surface area contributed by atoms with Crippen LogP contribution in [0.25, 0.3) is 0 Å². The normalized spacial score (nSPS) is 24.9. The highest BCUT2D eigenvalue weighted by atomic mass is 16.2. The van der Waals surface area contributed by atoms with Gasteiger partial charge < -0.3 is 11.1 Å². The molecule has 1 saturated heterocycles. The maximum Gasteiger partial charge on any atom is 0.227 e. The smallest absolute Gasteiger partial charge is 0.227 e. The van der Waals surface area contributed by atoms with Gasteiger partial charge in [-0.3, -0.25) is 9.59 Å². The average Bonchev–Trinajstić information content (AvgIpc) is 2.48. The van der Waals surface area contributed by atoms with E-state index in [1.54, 1.807) is 0 Å². The molecule has 21 heavy (non-hydrogen) atoms. The van der Waals surface area contributed by atoms with Crippen LogP contribution in [0.2, 0.25) is 0 Å². The fraction of sp³-hybridized carbons (Fsp3) is 0.529. The van der Waals surface area contributed by atoms with E-state index in [-0.39, 0.29) is 17.7 Å². The number of benzene rings is 1. The van der Waals surface area contributed by atoms with E-state index in [2.05, 4.69) is 5.32 Å². The molecule has 1 aliphatic heterocycles. The summed E-state index contributed by atoms with van der Waals surface area (Å²) in [6.07, 6.45) is 5.99. The van der Waals surface area contributed by atoms with Gasteiger partial charge in [0.1, 0.15) is 0 Å². The number of ketones is 1. The lowest BCUT2D eigenvalue weighted by Gasteiger charge is -2.41. The third kappa shape index (κ3) is 2.80. The molecule has 112 valence electrons. The van der Waals surface area contributed by atoms with Gasteiger partial charge >= 0.3 is 0 Å². The summed E-state index contributed by atoms with van der Waals surface area (Å²) in [5, 5.41) is 2.97. The lowest BCUT2D eigenvalue weighted by Crippen LogP contribution is -2.57. The molecule has 1 aliphatic carbocycles. The Morgan fingerprint density at radius 3 is 2.43 bits per heavy atom. The summed E-state index contributed by atoms with van der Waals surface area (Å²) in [4.78, 5) is 24.9. The van der Waals surface area contributed by atoms with Crippen molar-refractivity contribution in [1.29, 1.82) is 0 Å². The molecule has 2 aliphatic rings. The number of piperidine rings is 1. The van der Waals surface area contributed by atoms with E-state index in [1.807, 2.05) is 24.3 Å². The van der Waals surface area contributed by atoms with Gasteiger partial charge in [-0.05, 0) is 37.0 Å². The molecular formula is C17H22N2O2. The van der Waals surface area contributed by atoms with Gasteiger partial charge in [0.15, 0.2) is 5.78 Å². The number of Topliss-reactive ketones (excluding diaryl/α,β-unsaturated/α-hetero) is 1. The third-order valence-corrected chi connectivity index (χ3v) is 4.92. The highest BCUT2D eigenvalue weighted by molar-refractivity contribution is 5.99. The van der Waals surface area contributed by atoms with Gasteiger partial charge in [0, 0.05) is 12.1 Å². The molecule has 1 spiro atoms. The summed E-state index contributed by atoms with van der Waals surface area (Å²) in [6.45, 7) is 0. The van der Waals surface area contributed by atoms with Crippen molar-refractivity contribution >= 4 is 17.4 Å². The number of nitrogens with one attached hydrogen (secondary N) is 1. The van der Waals surface area contributed by atoms with Crippen molar-refractivity contribution in [1.82, 2.24) is 5.32 Å². The van der Waals surface area contributed by atoms with Crippen molar-refractivity contribution in [3.05, 3.63) is 29.8 Å². The van der Waals surface area contributed by atoms with Crippen molar-refractivity contribution in [2.45, 2.75) is 51.0 Å². The summed E-state index contributed by atoms with van der Waals surface area (Å²) in [7, 11) is 0. The van der Waals surface area contributed by atoms with E-state index in [4.69, 9.17) is 5.73 Å². The van der Waals surface area contributed by atoms with Crippen molar-refractivity contribution in [2.24, 2.45) is 5.41 Å². The predicted octanol–water partition coefficient (Wildman–Crippen LogP) is 2.22. The van der Waals surface area contributed by atoms with Gasteiger partial charge in [-0.15, -0.1) is 0 Å². The highest BCUT2D eigenvalue weighted by Gasteiger charge is 2.46. The summed E-state index contributed by atoms with van der Waals surface area (Å²) >= 11 is 0. The molecule has 1 aromatic carbocycles. The van der Waals surface area contributed by atoms with E-state index in [0.29, 0.717) is 18.5 Å². The maximum atomic E-state index is 12.5. The van der Waals surface area contributed by atoms with Crippen LogP contribution >= 0.6 is 0 Å². The highest BCUT2D eigenvalue weighted by Crippen LogP contribution is 2.42. The van der Waals surface area contributed by atoms with Crippen LogP contribution in [0.4, 0.5) is 5.69 Å². The Balaban J connectivity index is 1.70.